The van der Waals surface area contributed by atoms with E-state index in [-0.39, 0.29) is 18.3 Å². The van der Waals surface area contributed by atoms with Gasteiger partial charge in [-0.3, -0.25) is 4.79 Å². The lowest BCUT2D eigenvalue weighted by molar-refractivity contribution is -0.116. The van der Waals surface area contributed by atoms with Crippen molar-refractivity contribution in [2.45, 2.75) is 32.1 Å². The third-order valence-electron chi connectivity index (χ3n) is 3.42. The predicted octanol–water partition coefficient (Wildman–Crippen LogP) is 4.50. The lowest BCUT2D eigenvalue weighted by Crippen LogP contribution is -2.11. The number of hydrogen-bond donors (Lipinski definition) is 2. The van der Waals surface area contributed by atoms with Crippen LogP contribution in [0.1, 0.15) is 30.6 Å². The Morgan fingerprint density at radius 2 is 2.09 bits per heavy atom. The monoisotopic (exact) mass is 354 g/mol. The highest BCUT2D eigenvalue weighted by Crippen LogP contribution is 2.24. The first-order valence-electron chi connectivity index (χ1n) is 7.45. The Balaban J connectivity index is 0.00000264. The fourth-order valence-corrected chi connectivity index (χ4v) is 3.00. The van der Waals surface area contributed by atoms with E-state index in [2.05, 4.69) is 22.8 Å². The molecule has 2 rings (SSSR count). The van der Waals surface area contributed by atoms with Crippen LogP contribution in [0.4, 0.5) is 11.4 Å². The third kappa shape index (κ3) is 6.50. The molecular weight excluding hydrogens is 332 g/mol. The van der Waals surface area contributed by atoms with Crippen LogP contribution in [-0.2, 0) is 11.2 Å². The summed E-state index contributed by atoms with van der Waals surface area (Å²) in [7, 11) is 1.57. The summed E-state index contributed by atoms with van der Waals surface area (Å²) in [5.74, 6) is 0.646. The van der Waals surface area contributed by atoms with Gasteiger partial charge in [-0.2, -0.15) is 0 Å². The van der Waals surface area contributed by atoms with E-state index in [1.807, 2.05) is 0 Å². The molecule has 0 saturated carbocycles. The van der Waals surface area contributed by atoms with Crippen LogP contribution in [0.3, 0.4) is 0 Å². The zero-order chi connectivity index (χ0) is 15.8. The lowest BCUT2D eigenvalue weighted by Gasteiger charge is -2.08. The number of hydrogen-bond acceptors (Lipinski definition) is 4. The summed E-state index contributed by atoms with van der Waals surface area (Å²) >= 11 is 1.79. The molecule has 23 heavy (non-hydrogen) atoms. The molecule has 0 spiro atoms. The number of unbranched alkanes of at least 4 members (excludes halogenated alkanes) is 2. The quantitative estimate of drug-likeness (QED) is 0.541. The number of nitrogens with one attached hydrogen (secondary N) is 1. The summed E-state index contributed by atoms with van der Waals surface area (Å²) < 4.78 is 5.09. The molecular formula is C17H23ClN2O2S. The molecule has 0 saturated heterocycles. The lowest BCUT2D eigenvalue weighted by atomic mass is 10.1. The molecule has 6 heteroatoms. The van der Waals surface area contributed by atoms with Gasteiger partial charge >= 0.3 is 0 Å². The molecule has 1 heterocycles. The number of carbonyl (C=O) groups is 1. The zero-order valence-electron chi connectivity index (χ0n) is 13.2. The van der Waals surface area contributed by atoms with E-state index in [0.29, 0.717) is 23.5 Å². The maximum Gasteiger partial charge on any atom is 0.224 e. The van der Waals surface area contributed by atoms with Crippen molar-refractivity contribution in [3.05, 3.63) is 40.6 Å². The zero-order valence-corrected chi connectivity index (χ0v) is 14.8. The van der Waals surface area contributed by atoms with Crippen molar-refractivity contribution in [1.29, 1.82) is 0 Å². The first-order valence-corrected chi connectivity index (χ1v) is 8.33. The summed E-state index contributed by atoms with van der Waals surface area (Å²) in [5.41, 5.74) is 7.05. The van der Waals surface area contributed by atoms with E-state index in [0.717, 1.165) is 25.7 Å². The normalized spacial score (nSPS) is 9.96. The van der Waals surface area contributed by atoms with Gasteiger partial charge in [0.2, 0.25) is 5.91 Å². The van der Waals surface area contributed by atoms with E-state index < -0.39 is 0 Å². The van der Waals surface area contributed by atoms with Gasteiger partial charge in [0.05, 0.1) is 12.8 Å². The SMILES string of the molecule is COc1ccc(NC(=O)CCCCCc2cccs2)cc1N.Cl. The Hall–Kier alpha value is -1.72. The van der Waals surface area contributed by atoms with Crippen molar-refractivity contribution in [2.75, 3.05) is 18.2 Å². The molecule has 1 amide bonds. The summed E-state index contributed by atoms with van der Waals surface area (Å²) in [6.45, 7) is 0. The van der Waals surface area contributed by atoms with Gasteiger partial charge in [0.15, 0.2) is 0 Å². The molecule has 4 nitrogen and oxygen atoms in total. The smallest absolute Gasteiger partial charge is 0.224 e. The molecule has 0 fully saturated rings. The largest absolute Gasteiger partial charge is 0.495 e. The van der Waals surface area contributed by atoms with Gasteiger partial charge in [0.25, 0.3) is 0 Å². The second-order valence-corrected chi connectivity index (χ2v) is 6.18. The Bertz CT molecular complexity index is 603. The van der Waals surface area contributed by atoms with Crippen LogP contribution in [0.2, 0.25) is 0 Å². The van der Waals surface area contributed by atoms with Gasteiger partial charge in [-0.05, 0) is 48.9 Å². The van der Waals surface area contributed by atoms with Crippen molar-refractivity contribution in [3.8, 4) is 5.75 Å². The number of carbonyl (C=O) groups excluding carboxylic acids is 1. The van der Waals surface area contributed by atoms with Crippen molar-refractivity contribution < 1.29 is 9.53 Å². The van der Waals surface area contributed by atoms with Crippen LogP contribution in [-0.4, -0.2) is 13.0 Å². The summed E-state index contributed by atoms with van der Waals surface area (Å²) in [6, 6.07) is 9.50. The molecule has 3 N–H and O–H groups in total. The van der Waals surface area contributed by atoms with Crippen LogP contribution in [0.25, 0.3) is 0 Å². The van der Waals surface area contributed by atoms with E-state index in [1.165, 1.54) is 4.88 Å². The van der Waals surface area contributed by atoms with Crippen molar-refractivity contribution in [2.24, 2.45) is 0 Å². The van der Waals surface area contributed by atoms with E-state index in [1.54, 1.807) is 36.6 Å². The number of halogens is 1. The van der Waals surface area contributed by atoms with Crippen LogP contribution in [0, 0.1) is 0 Å². The molecule has 1 aromatic heterocycles. The number of nitrogen functional groups attached to an aromatic ring is 1. The Labute approximate surface area is 147 Å². The van der Waals surface area contributed by atoms with Gasteiger partial charge < -0.3 is 15.8 Å². The van der Waals surface area contributed by atoms with Gasteiger partial charge in [0.1, 0.15) is 5.75 Å². The summed E-state index contributed by atoms with van der Waals surface area (Å²) in [4.78, 5) is 13.3. The minimum Gasteiger partial charge on any atom is -0.495 e. The molecule has 1 aromatic carbocycles. The van der Waals surface area contributed by atoms with Crippen LogP contribution >= 0.6 is 23.7 Å². The number of methoxy groups -OCH3 is 1. The Morgan fingerprint density at radius 3 is 2.74 bits per heavy atom. The molecule has 0 radical (unpaired) electrons. The number of aryl methyl sites for hydroxylation is 1. The Kier molecular flexibility index (Phi) is 8.51. The summed E-state index contributed by atoms with van der Waals surface area (Å²) in [5, 5.41) is 4.97. The molecule has 0 aliphatic rings. The molecule has 0 unspecified atom stereocenters. The minimum absolute atomic E-state index is 0. The molecule has 0 aliphatic carbocycles. The second kappa shape index (κ2) is 10.1. The number of nitrogens with two attached hydrogens (primary N) is 1. The highest BCUT2D eigenvalue weighted by Gasteiger charge is 2.05. The number of ether oxygens (including phenoxy) is 1. The van der Waals surface area contributed by atoms with Gasteiger partial charge in [0, 0.05) is 17.0 Å². The molecule has 0 atom stereocenters. The fraction of sp³-hybridized carbons (Fsp3) is 0.353. The molecule has 0 aliphatic heterocycles. The summed E-state index contributed by atoms with van der Waals surface area (Å²) in [6.07, 6.45) is 4.74. The van der Waals surface area contributed by atoms with Crippen molar-refractivity contribution >= 4 is 41.0 Å². The number of anilines is 2. The molecule has 0 bridgehead atoms. The van der Waals surface area contributed by atoms with E-state index in [9.17, 15) is 4.79 Å². The number of amides is 1. The predicted molar refractivity (Wildman–Crippen MR) is 99.8 cm³/mol. The molecule has 126 valence electrons. The average molecular weight is 355 g/mol. The van der Waals surface area contributed by atoms with Gasteiger partial charge in [-0.1, -0.05) is 12.5 Å². The van der Waals surface area contributed by atoms with Crippen molar-refractivity contribution in [3.63, 3.8) is 0 Å². The Morgan fingerprint density at radius 1 is 1.26 bits per heavy atom. The first kappa shape index (κ1) is 19.3. The van der Waals surface area contributed by atoms with Gasteiger partial charge in [-0.25, -0.2) is 0 Å². The first-order chi connectivity index (χ1) is 10.7. The topological polar surface area (TPSA) is 64.3 Å². The van der Waals surface area contributed by atoms with E-state index >= 15 is 0 Å². The standard InChI is InChI=1S/C17H22N2O2S.ClH/c1-21-16-10-9-13(12-15(16)18)19-17(20)8-4-2-3-6-14-7-5-11-22-14;/h5,7,9-12H,2-4,6,8,18H2,1H3,(H,19,20);1H. The van der Waals surface area contributed by atoms with Crippen LogP contribution < -0.4 is 15.8 Å². The van der Waals surface area contributed by atoms with Gasteiger partial charge in [-0.15, -0.1) is 23.7 Å². The third-order valence-corrected chi connectivity index (χ3v) is 4.36. The second-order valence-electron chi connectivity index (χ2n) is 5.14. The number of thiophene rings is 1. The van der Waals surface area contributed by atoms with E-state index in [4.69, 9.17) is 10.5 Å². The molecule has 2 aromatic rings. The van der Waals surface area contributed by atoms with Crippen molar-refractivity contribution in [1.82, 2.24) is 0 Å². The maximum absolute atomic E-state index is 11.9. The maximum atomic E-state index is 11.9. The minimum atomic E-state index is 0. The van der Waals surface area contributed by atoms with Crippen LogP contribution in [0.5, 0.6) is 5.75 Å². The highest BCUT2D eigenvalue weighted by molar-refractivity contribution is 7.09. The fourth-order valence-electron chi connectivity index (χ4n) is 2.25. The highest BCUT2D eigenvalue weighted by atomic mass is 35.5. The average Bonchev–Trinajstić information content (AvgIpc) is 3.00. The number of benzene rings is 1. The van der Waals surface area contributed by atoms with Crippen LogP contribution in [0.15, 0.2) is 35.7 Å². The number of rotatable bonds is 8.